The van der Waals surface area contributed by atoms with E-state index in [4.69, 9.17) is 5.73 Å². The molecule has 0 aliphatic carbocycles. The van der Waals surface area contributed by atoms with Crippen molar-refractivity contribution in [2.45, 2.75) is 39.2 Å². The molecule has 1 atom stereocenters. The molecule has 1 unspecified atom stereocenters. The number of pyridine rings is 1. The molecule has 2 aromatic heterocycles. The summed E-state index contributed by atoms with van der Waals surface area (Å²) in [6.07, 6.45) is 4.97. The smallest absolute Gasteiger partial charge is 0.266 e. The average molecular weight is 289 g/mol. The molecule has 1 saturated heterocycles. The van der Waals surface area contributed by atoms with E-state index in [9.17, 15) is 4.79 Å². The van der Waals surface area contributed by atoms with E-state index in [-0.39, 0.29) is 5.91 Å². The zero-order valence-corrected chi connectivity index (χ0v) is 12.7. The van der Waals surface area contributed by atoms with Crippen LogP contribution in [0.5, 0.6) is 0 Å². The predicted octanol–water partition coefficient (Wildman–Crippen LogP) is 3.20. The number of hydrogen-bond donors (Lipinski definition) is 1. The highest BCUT2D eigenvalue weighted by Gasteiger charge is 2.30. The molecular weight excluding hydrogens is 270 g/mol. The molecule has 1 aliphatic heterocycles. The van der Waals surface area contributed by atoms with Crippen LogP contribution in [0.3, 0.4) is 0 Å². The van der Waals surface area contributed by atoms with E-state index >= 15 is 0 Å². The van der Waals surface area contributed by atoms with Crippen molar-refractivity contribution < 1.29 is 4.79 Å². The first-order chi connectivity index (χ1) is 9.63. The van der Waals surface area contributed by atoms with Crippen molar-refractivity contribution in [2.24, 2.45) is 0 Å². The van der Waals surface area contributed by atoms with E-state index in [0.717, 1.165) is 41.6 Å². The summed E-state index contributed by atoms with van der Waals surface area (Å²) in [5, 5.41) is 0.938. The Kier molecular flexibility index (Phi) is 3.38. The molecule has 3 rings (SSSR count). The first-order valence-electron chi connectivity index (χ1n) is 7.08. The zero-order chi connectivity index (χ0) is 14.3. The minimum Gasteiger partial charge on any atom is -0.397 e. The first-order valence-corrected chi connectivity index (χ1v) is 7.89. The second kappa shape index (κ2) is 5.05. The van der Waals surface area contributed by atoms with Gasteiger partial charge in [0, 0.05) is 24.2 Å². The number of hydrogen-bond acceptors (Lipinski definition) is 4. The summed E-state index contributed by atoms with van der Waals surface area (Å²) in [7, 11) is 0. The number of aromatic nitrogens is 1. The lowest BCUT2D eigenvalue weighted by molar-refractivity contribution is 0.0739. The van der Waals surface area contributed by atoms with Crippen molar-refractivity contribution in [3.8, 4) is 0 Å². The van der Waals surface area contributed by atoms with Crippen molar-refractivity contribution in [3.63, 3.8) is 0 Å². The molecule has 2 aromatic rings. The second-order valence-electron chi connectivity index (χ2n) is 5.36. The normalized spacial score (nSPS) is 18.9. The molecule has 0 radical (unpaired) electrons. The van der Waals surface area contributed by atoms with Crippen molar-refractivity contribution in [1.82, 2.24) is 9.88 Å². The van der Waals surface area contributed by atoms with Crippen LogP contribution in [0, 0.1) is 6.92 Å². The van der Waals surface area contributed by atoms with Crippen molar-refractivity contribution in [3.05, 3.63) is 22.7 Å². The van der Waals surface area contributed by atoms with Crippen LogP contribution in [-0.4, -0.2) is 28.4 Å². The largest absolute Gasteiger partial charge is 0.397 e. The fourth-order valence-corrected chi connectivity index (χ4v) is 4.12. The van der Waals surface area contributed by atoms with E-state index in [1.54, 1.807) is 6.20 Å². The molecule has 3 heterocycles. The summed E-state index contributed by atoms with van der Waals surface area (Å²) >= 11 is 1.42. The van der Waals surface area contributed by atoms with Crippen LogP contribution >= 0.6 is 11.3 Å². The molecule has 1 amide bonds. The summed E-state index contributed by atoms with van der Waals surface area (Å²) in [6, 6.07) is 2.30. The maximum atomic E-state index is 12.7. The summed E-state index contributed by atoms with van der Waals surface area (Å²) in [5.74, 6) is 0.0780. The molecule has 1 fully saturated rings. The van der Waals surface area contributed by atoms with Crippen LogP contribution in [0.1, 0.15) is 41.4 Å². The van der Waals surface area contributed by atoms with Gasteiger partial charge in [-0.15, -0.1) is 11.3 Å². The third-order valence-electron chi connectivity index (χ3n) is 4.14. The maximum Gasteiger partial charge on any atom is 0.266 e. The minimum absolute atomic E-state index is 0.0780. The number of carbonyl (C=O) groups excluding carboxylic acids is 1. The van der Waals surface area contributed by atoms with Crippen LogP contribution < -0.4 is 5.73 Å². The van der Waals surface area contributed by atoms with Gasteiger partial charge in [-0.3, -0.25) is 4.79 Å². The Morgan fingerprint density at radius 2 is 2.40 bits per heavy atom. The highest BCUT2D eigenvalue weighted by atomic mass is 32.1. The second-order valence-corrected chi connectivity index (χ2v) is 6.35. The Balaban J connectivity index is 2.04. The molecule has 0 spiro atoms. The Morgan fingerprint density at radius 3 is 3.10 bits per heavy atom. The number of nitrogens with two attached hydrogens (primary N) is 1. The van der Waals surface area contributed by atoms with Gasteiger partial charge in [0.15, 0.2) is 0 Å². The number of carbonyl (C=O) groups is 1. The summed E-state index contributed by atoms with van der Waals surface area (Å²) in [5.41, 5.74) is 7.90. The number of amides is 1. The van der Waals surface area contributed by atoms with E-state index in [1.807, 2.05) is 17.9 Å². The Bertz CT molecular complexity index is 664. The molecule has 2 N–H and O–H groups in total. The van der Waals surface area contributed by atoms with Gasteiger partial charge in [-0.1, -0.05) is 6.92 Å². The molecule has 20 heavy (non-hydrogen) atoms. The lowest BCUT2D eigenvalue weighted by Crippen LogP contribution is -2.34. The molecule has 4 nitrogen and oxygen atoms in total. The van der Waals surface area contributed by atoms with Crippen LogP contribution in [0.2, 0.25) is 0 Å². The van der Waals surface area contributed by atoms with Crippen LogP contribution in [0.25, 0.3) is 10.2 Å². The lowest BCUT2D eigenvalue weighted by Gasteiger charge is -2.23. The minimum atomic E-state index is 0.0780. The van der Waals surface area contributed by atoms with Gasteiger partial charge in [-0.25, -0.2) is 4.98 Å². The fraction of sp³-hybridized carbons (Fsp3) is 0.467. The highest BCUT2D eigenvalue weighted by molar-refractivity contribution is 7.21. The SMILES string of the molecule is CCC1CCCN1C(=O)c1sc2nccc(C)c2c1N. The highest BCUT2D eigenvalue weighted by Crippen LogP contribution is 2.36. The summed E-state index contributed by atoms with van der Waals surface area (Å²) < 4.78 is 0. The third kappa shape index (κ3) is 1.97. The van der Waals surface area contributed by atoms with E-state index < -0.39 is 0 Å². The topological polar surface area (TPSA) is 59.2 Å². The van der Waals surface area contributed by atoms with Crippen molar-refractivity contribution in [1.29, 1.82) is 0 Å². The number of thiophene rings is 1. The number of anilines is 1. The van der Waals surface area contributed by atoms with Gasteiger partial charge in [-0.2, -0.15) is 0 Å². The molecule has 0 saturated carbocycles. The number of fused-ring (bicyclic) bond motifs is 1. The van der Waals surface area contributed by atoms with Crippen molar-refractivity contribution >= 4 is 33.1 Å². The number of likely N-dealkylation sites (tertiary alicyclic amines) is 1. The number of nitrogen functional groups attached to an aromatic ring is 1. The van der Waals surface area contributed by atoms with Gasteiger partial charge < -0.3 is 10.6 Å². The molecule has 106 valence electrons. The van der Waals surface area contributed by atoms with Gasteiger partial charge in [0.2, 0.25) is 0 Å². The number of aryl methyl sites for hydroxylation is 1. The number of nitrogens with zero attached hydrogens (tertiary/aromatic N) is 2. The molecule has 5 heteroatoms. The van der Waals surface area contributed by atoms with E-state index in [0.29, 0.717) is 16.6 Å². The van der Waals surface area contributed by atoms with Crippen molar-refractivity contribution in [2.75, 3.05) is 12.3 Å². The quantitative estimate of drug-likeness (QED) is 0.923. The van der Waals surface area contributed by atoms with Crippen LogP contribution in [0.15, 0.2) is 12.3 Å². The van der Waals surface area contributed by atoms with Gasteiger partial charge >= 0.3 is 0 Å². The lowest BCUT2D eigenvalue weighted by atomic mass is 10.1. The van der Waals surface area contributed by atoms with E-state index in [1.165, 1.54) is 11.3 Å². The van der Waals surface area contributed by atoms with Gasteiger partial charge in [0.25, 0.3) is 5.91 Å². The Morgan fingerprint density at radius 1 is 1.60 bits per heavy atom. The van der Waals surface area contributed by atoms with Crippen LogP contribution in [0.4, 0.5) is 5.69 Å². The monoisotopic (exact) mass is 289 g/mol. The first kappa shape index (κ1) is 13.4. The summed E-state index contributed by atoms with van der Waals surface area (Å²) in [6.45, 7) is 4.99. The summed E-state index contributed by atoms with van der Waals surface area (Å²) in [4.78, 5) is 20.6. The zero-order valence-electron chi connectivity index (χ0n) is 11.8. The van der Waals surface area contributed by atoms with Gasteiger partial charge in [0.05, 0.1) is 5.69 Å². The number of rotatable bonds is 2. The van der Waals surface area contributed by atoms with Crippen LogP contribution in [-0.2, 0) is 0 Å². The Labute approximate surface area is 122 Å². The third-order valence-corrected chi connectivity index (χ3v) is 5.24. The molecule has 0 bridgehead atoms. The van der Waals surface area contributed by atoms with Gasteiger partial charge in [-0.05, 0) is 37.8 Å². The average Bonchev–Trinajstić information content (AvgIpc) is 3.03. The van der Waals surface area contributed by atoms with E-state index in [2.05, 4.69) is 11.9 Å². The standard InChI is InChI=1S/C15H19N3OS/c1-3-10-5-4-8-18(10)15(19)13-12(16)11-9(2)6-7-17-14(11)20-13/h6-7,10H,3-5,8,16H2,1-2H3. The maximum absolute atomic E-state index is 12.7. The Hall–Kier alpha value is -1.62. The molecule has 0 aromatic carbocycles. The van der Waals surface area contributed by atoms with Gasteiger partial charge in [0.1, 0.15) is 9.71 Å². The molecular formula is C15H19N3OS. The fourth-order valence-electron chi connectivity index (χ4n) is 3.02. The predicted molar refractivity (Wildman–Crippen MR) is 83.1 cm³/mol. The molecule has 1 aliphatic rings.